The first-order chi connectivity index (χ1) is 5.65. The Hall–Kier alpha value is -0.0900. The molecule has 1 heterocycles. The second-order valence-electron chi connectivity index (χ2n) is 2.67. The van der Waals surface area contributed by atoms with Gasteiger partial charge in [0.05, 0.1) is 5.02 Å². The molecule has 0 amide bonds. The second kappa shape index (κ2) is 4.23. The van der Waals surface area contributed by atoms with Crippen molar-refractivity contribution in [2.45, 2.75) is 19.4 Å². The van der Waals surface area contributed by atoms with Crippen LogP contribution in [0.1, 0.15) is 22.2 Å². The van der Waals surface area contributed by atoms with Crippen molar-refractivity contribution in [3.8, 4) is 0 Å². The summed E-state index contributed by atoms with van der Waals surface area (Å²) in [6.07, 6.45) is 0.594. The maximum atomic E-state index is 8.67. The lowest BCUT2D eigenvalue weighted by Crippen LogP contribution is -2.09. The molecule has 1 unspecified atom stereocenters. The molecule has 0 saturated carbocycles. The van der Waals surface area contributed by atoms with Crippen LogP contribution in [0.25, 0.3) is 0 Å². The van der Waals surface area contributed by atoms with Gasteiger partial charge in [-0.1, -0.05) is 11.6 Å². The predicted octanol–water partition coefficient (Wildman–Crippen LogP) is 2.09. The quantitative estimate of drug-likeness (QED) is 0.794. The minimum Gasteiger partial charge on any atom is -0.396 e. The Morgan fingerprint density at radius 3 is 2.83 bits per heavy atom. The lowest BCUT2D eigenvalue weighted by molar-refractivity contribution is 0.277. The molecule has 0 aromatic carbocycles. The zero-order valence-electron chi connectivity index (χ0n) is 6.88. The highest BCUT2D eigenvalue weighted by Gasteiger charge is 2.09. The standard InChI is InChI=1S/C8H12ClNOS/c1-5-6(9)4-8(12-5)7(10)2-3-11/h4,7,11H,2-3,10H2,1H3. The van der Waals surface area contributed by atoms with Gasteiger partial charge in [-0.2, -0.15) is 0 Å². The van der Waals surface area contributed by atoms with Gasteiger partial charge in [-0.15, -0.1) is 11.3 Å². The van der Waals surface area contributed by atoms with E-state index < -0.39 is 0 Å². The fraction of sp³-hybridized carbons (Fsp3) is 0.500. The van der Waals surface area contributed by atoms with Gasteiger partial charge in [-0.05, 0) is 19.4 Å². The molecular formula is C8H12ClNOS. The summed E-state index contributed by atoms with van der Waals surface area (Å²) in [5.41, 5.74) is 5.78. The van der Waals surface area contributed by atoms with E-state index in [4.69, 9.17) is 22.4 Å². The van der Waals surface area contributed by atoms with Crippen molar-refractivity contribution >= 4 is 22.9 Å². The summed E-state index contributed by atoms with van der Waals surface area (Å²) in [6.45, 7) is 2.08. The lowest BCUT2D eigenvalue weighted by atomic mass is 10.2. The zero-order valence-corrected chi connectivity index (χ0v) is 8.45. The Kier molecular flexibility index (Phi) is 3.53. The number of hydrogen-bond acceptors (Lipinski definition) is 3. The van der Waals surface area contributed by atoms with E-state index in [-0.39, 0.29) is 12.6 Å². The average molecular weight is 206 g/mol. The number of aliphatic hydroxyl groups excluding tert-OH is 1. The molecule has 2 nitrogen and oxygen atoms in total. The molecule has 68 valence electrons. The molecule has 12 heavy (non-hydrogen) atoms. The van der Waals surface area contributed by atoms with Gasteiger partial charge in [0, 0.05) is 22.4 Å². The first-order valence-electron chi connectivity index (χ1n) is 3.77. The van der Waals surface area contributed by atoms with Gasteiger partial charge in [-0.3, -0.25) is 0 Å². The first kappa shape index (κ1) is 9.99. The highest BCUT2D eigenvalue weighted by molar-refractivity contribution is 7.12. The number of aliphatic hydroxyl groups is 1. The van der Waals surface area contributed by atoms with Crippen LogP contribution in [0.15, 0.2) is 6.07 Å². The van der Waals surface area contributed by atoms with E-state index in [1.807, 2.05) is 13.0 Å². The predicted molar refractivity (Wildman–Crippen MR) is 52.7 cm³/mol. The first-order valence-corrected chi connectivity index (χ1v) is 4.97. The smallest absolute Gasteiger partial charge is 0.0545 e. The third-order valence-corrected chi connectivity index (χ3v) is 3.37. The normalized spacial score (nSPS) is 13.3. The van der Waals surface area contributed by atoms with E-state index in [2.05, 4.69) is 0 Å². The Balaban J connectivity index is 2.74. The highest BCUT2D eigenvalue weighted by atomic mass is 35.5. The van der Waals surface area contributed by atoms with E-state index in [1.54, 1.807) is 11.3 Å². The minimum atomic E-state index is -0.0776. The van der Waals surface area contributed by atoms with Gasteiger partial charge in [0.25, 0.3) is 0 Å². The number of halogens is 1. The number of hydrogen-bond donors (Lipinski definition) is 2. The lowest BCUT2D eigenvalue weighted by Gasteiger charge is -2.05. The van der Waals surface area contributed by atoms with E-state index >= 15 is 0 Å². The second-order valence-corrected chi connectivity index (χ2v) is 4.37. The maximum absolute atomic E-state index is 8.67. The summed E-state index contributed by atoms with van der Waals surface area (Å²) < 4.78 is 0. The molecule has 0 aliphatic heterocycles. The Morgan fingerprint density at radius 2 is 2.42 bits per heavy atom. The van der Waals surface area contributed by atoms with Crippen molar-refractivity contribution in [3.63, 3.8) is 0 Å². The summed E-state index contributed by atoms with van der Waals surface area (Å²) >= 11 is 7.46. The van der Waals surface area contributed by atoms with Crippen LogP contribution in [0.5, 0.6) is 0 Å². The van der Waals surface area contributed by atoms with Crippen molar-refractivity contribution < 1.29 is 5.11 Å². The number of thiophene rings is 1. The third-order valence-electron chi connectivity index (χ3n) is 1.68. The van der Waals surface area contributed by atoms with Gasteiger partial charge in [-0.25, -0.2) is 0 Å². The van der Waals surface area contributed by atoms with Crippen LogP contribution in [-0.4, -0.2) is 11.7 Å². The third kappa shape index (κ3) is 2.20. The van der Waals surface area contributed by atoms with Crippen LogP contribution < -0.4 is 5.73 Å². The van der Waals surface area contributed by atoms with E-state index in [0.717, 1.165) is 14.8 Å². The van der Waals surface area contributed by atoms with Crippen LogP contribution in [0.2, 0.25) is 5.02 Å². The molecule has 0 aliphatic carbocycles. The van der Waals surface area contributed by atoms with Crippen LogP contribution in [0, 0.1) is 6.92 Å². The van der Waals surface area contributed by atoms with Crippen LogP contribution in [0.4, 0.5) is 0 Å². The summed E-state index contributed by atoms with van der Waals surface area (Å²) in [4.78, 5) is 2.13. The van der Waals surface area contributed by atoms with Crippen LogP contribution in [0.3, 0.4) is 0 Å². The number of rotatable bonds is 3. The van der Waals surface area contributed by atoms with Crippen molar-refractivity contribution in [1.82, 2.24) is 0 Å². The molecule has 0 fully saturated rings. The maximum Gasteiger partial charge on any atom is 0.0545 e. The van der Waals surface area contributed by atoms with Gasteiger partial charge in [0.15, 0.2) is 0 Å². The van der Waals surface area contributed by atoms with Gasteiger partial charge in [0.1, 0.15) is 0 Å². The molecule has 1 rings (SSSR count). The largest absolute Gasteiger partial charge is 0.396 e. The van der Waals surface area contributed by atoms with E-state index in [1.165, 1.54) is 0 Å². The number of nitrogens with two attached hydrogens (primary N) is 1. The fourth-order valence-electron chi connectivity index (χ4n) is 0.946. The molecular weight excluding hydrogens is 194 g/mol. The molecule has 0 saturated heterocycles. The Morgan fingerprint density at radius 1 is 1.75 bits per heavy atom. The number of aryl methyl sites for hydroxylation is 1. The highest BCUT2D eigenvalue weighted by Crippen LogP contribution is 2.30. The summed E-state index contributed by atoms with van der Waals surface area (Å²) in [6, 6.07) is 1.80. The topological polar surface area (TPSA) is 46.2 Å². The summed E-state index contributed by atoms with van der Waals surface area (Å²) in [5.74, 6) is 0. The van der Waals surface area contributed by atoms with Crippen molar-refractivity contribution in [3.05, 3.63) is 20.8 Å². The molecule has 1 aromatic rings. The molecule has 4 heteroatoms. The SMILES string of the molecule is Cc1sc(C(N)CCO)cc1Cl. The van der Waals surface area contributed by atoms with Gasteiger partial charge in [0.2, 0.25) is 0 Å². The molecule has 0 bridgehead atoms. The van der Waals surface area contributed by atoms with E-state index in [0.29, 0.717) is 6.42 Å². The average Bonchev–Trinajstić information content (AvgIpc) is 2.33. The van der Waals surface area contributed by atoms with E-state index in [9.17, 15) is 0 Å². The van der Waals surface area contributed by atoms with Crippen molar-refractivity contribution in [2.24, 2.45) is 5.73 Å². The Bertz CT molecular complexity index is 242. The summed E-state index contributed by atoms with van der Waals surface area (Å²) in [7, 11) is 0. The molecule has 0 spiro atoms. The van der Waals surface area contributed by atoms with Gasteiger partial charge < -0.3 is 10.8 Å². The van der Waals surface area contributed by atoms with Crippen LogP contribution >= 0.6 is 22.9 Å². The van der Waals surface area contributed by atoms with Crippen LogP contribution in [-0.2, 0) is 0 Å². The molecule has 0 radical (unpaired) electrons. The molecule has 0 aliphatic rings. The molecule has 3 N–H and O–H groups in total. The Labute approximate surface area is 81.0 Å². The fourth-order valence-corrected chi connectivity index (χ4v) is 2.20. The monoisotopic (exact) mass is 205 g/mol. The summed E-state index contributed by atoms with van der Waals surface area (Å²) in [5, 5.41) is 9.43. The minimum absolute atomic E-state index is 0.0776. The van der Waals surface area contributed by atoms with Crippen molar-refractivity contribution in [1.29, 1.82) is 0 Å². The molecule has 1 aromatic heterocycles. The zero-order chi connectivity index (χ0) is 9.14. The van der Waals surface area contributed by atoms with Crippen molar-refractivity contribution in [2.75, 3.05) is 6.61 Å². The van der Waals surface area contributed by atoms with Gasteiger partial charge >= 0.3 is 0 Å². The molecule has 1 atom stereocenters.